The van der Waals surface area contributed by atoms with Gasteiger partial charge in [0, 0.05) is 0 Å². The Morgan fingerprint density at radius 1 is 0.944 bits per heavy atom. The molecule has 2 nitrogen and oxygen atoms in total. The minimum atomic E-state index is 0.0364. The average molecular weight is 256 g/mol. The number of esters is 1. The number of hydrogen-bond acceptors (Lipinski definition) is 2. The van der Waals surface area contributed by atoms with Crippen molar-refractivity contribution < 1.29 is 9.53 Å². The molecule has 0 aromatic heterocycles. The minimum Gasteiger partial charge on any atom is -0.466 e. The van der Waals surface area contributed by atoms with E-state index in [2.05, 4.69) is 20.8 Å². The van der Waals surface area contributed by atoms with E-state index in [1.165, 1.54) is 25.7 Å². The van der Waals surface area contributed by atoms with Crippen LogP contribution in [0.1, 0.15) is 79.1 Å². The van der Waals surface area contributed by atoms with E-state index in [-0.39, 0.29) is 11.9 Å². The maximum Gasteiger partial charge on any atom is 0.309 e. The van der Waals surface area contributed by atoms with Crippen LogP contribution in [0.25, 0.3) is 0 Å². The predicted octanol–water partition coefficient (Wildman–Crippen LogP) is 4.96. The molecule has 0 amide bonds. The Bertz CT molecular complexity index is 201. The second kappa shape index (κ2) is 11.6. The lowest BCUT2D eigenvalue weighted by atomic mass is 9.82. The minimum absolute atomic E-state index is 0.0364. The highest BCUT2D eigenvalue weighted by atomic mass is 16.5. The van der Waals surface area contributed by atoms with Gasteiger partial charge in [0.05, 0.1) is 12.5 Å². The maximum atomic E-state index is 12.1. The molecule has 0 bridgehead atoms. The van der Waals surface area contributed by atoms with E-state index in [1.807, 2.05) is 6.92 Å². The van der Waals surface area contributed by atoms with Gasteiger partial charge in [0.1, 0.15) is 0 Å². The topological polar surface area (TPSA) is 26.3 Å². The number of hydrogen-bond donors (Lipinski definition) is 0. The van der Waals surface area contributed by atoms with Gasteiger partial charge in [-0.05, 0) is 25.7 Å². The van der Waals surface area contributed by atoms with Crippen LogP contribution in [0, 0.1) is 11.8 Å². The van der Waals surface area contributed by atoms with Crippen molar-refractivity contribution >= 4 is 5.97 Å². The summed E-state index contributed by atoms with van der Waals surface area (Å²) in [6.07, 6.45) is 9.33. The van der Waals surface area contributed by atoms with E-state index in [1.54, 1.807) is 0 Å². The van der Waals surface area contributed by atoms with Gasteiger partial charge in [0.15, 0.2) is 0 Å². The SMILES string of the molecule is CCCCCC(CC)C(CCCC)C(=O)OCC. The lowest BCUT2D eigenvalue weighted by Gasteiger charge is -2.24. The summed E-state index contributed by atoms with van der Waals surface area (Å²) >= 11 is 0. The van der Waals surface area contributed by atoms with Crippen molar-refractivity contribution in [2.75, 3.05) is 6.61 Å². The second-order valence-electron chi connectivity index (χ2n) is 5.16. The van der Waals surface area contributed by atoms with Gasteiger partial charge in [-0.1, -0.05) is 59.3 Å². The Hall–Kier alpha value is -0.530. The fourth-order valence-corrected chi connectivity index (χ4v) is 2.57. The molecule has 2 unspecified atom stereocenters. The maximum absolute atomic E-state index is 12.1. The van der Waals surface area contributed by atoms with Crippen molar-refractivity contribution in [3.63, 3.8) is 0 Å². The highest BCUT2D eigenvalue weighted by Gasteiger charge is 2.27. The molecule has 18 heavy (non-hydrogen) atoms. The Morgan fingerprint density at radius 3 is 2.11 bits per heavy atom. The van der Waals surface area contributed by atoms with Crippen molar-refractivity contribution in [3.8, 4) is 0 Å². The zero-order chi connectivity index (χ0) is 13.8. The molecule has 0 radical (unpaired) electrons. The molecule has 2 heteroatoms. The molecule has 0 spiro atoms. The van der Waals surface area contributed by atoms with E-state index in [0.717, 1.165) is 25.7 Å². The first-order valence-corrected chi connectivity index (χ1v) is 7.87. The van der Waals surface area contributed by atoms with Gasteiger partial charge in [-0.3, -0.25) is 4.79 Å². The number of ether oxygens (including phenoxy) is 1. The van der Waals surface area contributed by atoms with Crippen LogP contribution in [-0.4, -0.2) is 12.6 Å². The molecule has 0 saturated heterocycles. The third-order valence-electron chi connectivity index (χ3n) is 3.73. The third kappa shape index (κ3) is 7.03. The van der Waals surface area contributed by atoms with E-state index >= 15 is 0 Å². The zero-order valence-corrected chi connectivity index (χ0v) is 12.8. The molecule has 0 aliphatic rings. The summed E-state index contributed by atoms with van der Waals surface area (Å²) in [6.45, 7) is 9.01. The van der Waals surface area contributed by atoms with Crippen LogP contribution in [0.4, 0.5) is 0 Å². The Labute approximate surface area is 113 Å². The van der Waals surface area contributed by atoms with E-state index in [9.17, 15) is 4.79 Å². The van der Waals surface area contributed by atoms with Crippen molar-refractivity contribution in [2.45, 2.75) is 79.1 Å². The Morgan fingerprint density at radius 2 is 1.61 bits per heavy atom. The summed E-state index contributed by atoms with van der Waals surface area (Å²) in [5, 5.41) is 0. The molecule has 0 aliphatic heterocycles. The van der Waals surface area contributed by atoms with Crippen molar-refractivity contribution in [1.29, 1.82) is 0 Å². The van der Waals surface area contributed by atoms with Gasteiger partial charge in [0.25, 0.3) is 0 Å². The summed E-state index contributed by atoms with van der Waals surface area (Å²) in [4.78, 5) is 12.1. The molecule has 0 heterocycles. The molecule has 0 aliphatic carbocycles. The van der Waals surface area contributed by atoms with Gasteiger partial charge in [0.2, 0.25) is 0 Å². The highest BCUT2D eigenvalue weighted by Crippen LogP contribution is 2.28. The first-order valence-electron chi connectivity index (χ1n) is 7.87. The van der Waals surface area contributed by atoms with Crippen LogP contribution in [0.15, 0.2) is 0 Å². The molecule has 108 valence electrons. The lowest BCUT2D eigenvalue weighted by molar-refractivity contribution is -0.150. The van der Waals surface area contributed by atoms with Crippen molar-refractivity contribution in [2.24, 2.45) is 11.8 Å². The van der Waals surface area contributed by atoms with Crippen LogP contribution in [-0.2, 0) is 9.53 Å². The van der Waals surface area contributed by atoms with Gasteiger partial charge in [-0.25, -0.2) is 0 Å². The van der Waals surface area contributed by atoms with Crippen LogP contribution in [0.3, 0.4) is 0 Å². The standard InChI is InChI=1S/C16H32O2/c1-5-9-11-12-14(7-3)15(13-10-6-2)16(17)18-8-4/h14-15H,5-13H2,1-4H3. The van der Waals surface area contributed by atoms with Crippen LogP contribution in [0.2, 0.25) is 0 Å². The summed E-state index contributed by atoms with van der Waals surface area (Å²) in [5.41, 5.74) is 0. The van der Waals surface area contributed by atoms with Crippen LogP contribution in [0.5, 0.6) is 0 Å². The largest absolute Gasteiger partial charge is 0.466 e. The quantitative estimate of drug-likeness (QED) is 0.385. The summed E-state index contributed by atoms with van der Waals surface area (Å²) < 4.78 is 5.25. The molecule has 0 aromatic carbocycles. The molecule has 0 N–H and O–H groups in total. The van der Waals surface area contributed by atoms with Gasteiger partial charge in [-0.15, -0.1) is 0 Å². The smallest absolute Gasteiger partial charge is 0.309 e. The Kier molecular flexibility index (Phi) is 11.2. The second-order valence-corrected chi connectivity index (χ2v) is 5.16. The van der Waals surface area contributed by atoms with E-state index in [4.69, 9.17) is 4.74 Å². The van der Waals surface area contributed by atoms with Crippen molar-refractivity contribution in [3.05, 3.63) is 0 Å². The molecule has 0 fully saturated rings. The normalized spacial score (nSPS) is 14.2. The molecule has 2 atom stereocenters. The van der Waals surface area contributed by atoms with Gasteiger partial charge in [-0.2, -0.15) is 0 Å². The fourth-order valence-electron chi connectivity index (χ4n) is 2.57. The van der Waals surface area contributed by atoms with Crippen LogP contribution < -0.4 is 0 Å². The van der Waals surface area contributed by atoms with Crippen molar-refractivity contribution in [1.82, 2.24) is 0 Å². The zero-order valence-electron chi connectivity index (χ0n) is 12.8. The number of unbranched alkanes of at least 4 members (excludes halogenated alkanes) is 3. The molecule has 0 aromatic rings. The molecule has 0 rings (SSSR count). The average Bonchev–Trinajstić information content (AvgIpc) is 2.37. The molecule has 0 saturated carbocycles. The fraction of sp³-hybridized carbons (Fsp3) is 0.938. The highest BCUT2D eigenvalue weighted by molar-refractivity contribution is 5.72. The van der Waals surface area contributed by atoms with Gasteiger partial charge >= 0.3 is 5.97 Å². The first-order chi connectivity index (χ1) is 8.71. The monoisotopic (exact) mass is 256 g/mol. The number of carbonyl (C=O) groups is 1. The first kappa shape index (κ1) is 17.5. The number of carbonyl (C=O) groups excluding carboxylic acids is 1. The summed E-state index contributed by atoms with van der Waals surface area (Å²) in [6, 6.07) is 0. The van der Waals surface area contributed by atoms with E-state index < -0.39 is 0 Å². The summed E-state index contributed by atoms with van der Waals surface area (Å²) in [5.74, 6) is 0.684. The number of rotatable bonds is 11. The Balaban J connectivity index is 4.40. The third-order valence-corrected chi connectivity index (χ3v) is 3.73. The summed E-state index contributed by atoms with van der Waals surface area (Å²) in [7, 11) is 0. The molecular formula is C16H32O2. The molecular weight excluding hydrogens is 224 g/mol. The predicted molar refractivity (Wildman–Crippen MR) is 77.6 cm³/mol. The van der Waals surface area contributed by atoms with E-state index in [0.29, 0.717) is 12.5 Å². The van der Waals surface area contributed by atoms with Gasteiger partial charge < -0.3 is 4.74 Å². The van der Waals surface area contributed by atoms with Crippen LogP contribution >= 0.6 is 0 Å². The lowest BCUT2D eigenvalue weighted by Crippen LogP contribution is -2.26.